The van der Waals surface area contributed by atoms with Gasteiger partial charge in [-0.05, 0) is 12.5 Å². The Morgan fingerprint density at radius 3 is 2.13 bits per heavy atom. The molecule has 0 saturated carbocycles. The van der Waals surface area contributed by atoms with Crippen LogP contribution in [0, 0.1) is 12.7 Å². The molecule has 4 heteroatoms. The summed E-state index contributed by atoms with van der Waals surface area (Å²) in [6.07, 6.45) is 0. The molecule has 0 radical (unpaired) electrons. The summed E-state index contributed by atoms with van der Waals surface area (Å²) in [5.41, 5.74) is -0.0725. The summed E-state index contributed by atoms with van der Waals surface area (Å²) in [6, 6.07) is 4.16. The third-order valence-electron chi connectivity index (χ3n) is 1.41. The van der Waals surface area contributed by atoms with Crippen LogP contribution in [0.4, 0.5) is 4.39 Å². The van der Waals surface area contributed by atoms with Crippen LogP contribution < -0.4 is 10.0 Å². The molecule has 0 unspecified atom stereocenters. The third-order valence-corrected chi connectivity index (χ3v) is 1.41. The lowest BCUT2D eigenvalue weighted by molar-refractivity contribution is -0.836. The number of carboxylic acids is 1. The molecule has 0 saturated heterocycles. The van der Waals surface area contributed by atoms with Crippen molar-refractivity contribution in [3.8, 4) is 0 Å². The van der Waals surface area contributed by atoms with E-state index >= 15 is 0 Å². The van der Waals surface area contributed by atoms with E-state index in [4.69, 9.17) is 0 Å². The lowest BCUT2D eigenvalue weighted by Crippen LogP contribution is -3.02. The number of carboxylic acid groups (broad SMARTS) is 1. The monoisotopic (exact) mass is 213 g/mol. The van der Waals surface area contributed by atoms with Crippen molar-refractivity contribution in [2.75, 3.05) is 21.1 Å². The summed E-state index contributed by atoms with van der Waals surface area (Å²) < 4.78 is 12.8. The topological polar surface area (TPSA) is 44.6 Å². The summed E-state index contributed by atoms with van der Waals surface area (Å²) in [5.74, 6) is -2.20. The molecule has 3 nitrogen and oxygen atoms in total. The minimum absolute atomic E-state index is 0.312. The fourth-order valence-corrected chi connectivity index (χ4v) is 0.805. The van der Waals surface area contributed by atoms with E-state index in [-0.39, 0.29) is 5.56 Å². The van der Waals surface area contributed by atoms with Crippen molar-refractivity contribution < 1.29 is 19.2 Å². The van der Waals surface area contributed by atoms with Gasteiger partial charge in [0.25, 0.3) is 0 Å². The van der Waals surface area contributed by atoms with Crippen LogP contribution in [0.1, 0.15) is 15.9 Å². The zero-order valence-corrected chi connectivity index (χ0v) is 9.43. The maximum Gasteiger partial charge on any atom is 0.135 e. The predicted molar refractivity (Wildman–Crippen MR) is 54.2 cm³/mol. The van der Waals surface area contributed by atoms with Gasteiger partial charge in [-0.15, -0.1) is 0 Å². The Hall–Kier alpha value is -1.42. The molecule has 0 aliphatic carbocycles. The van der Waals surface area contributed by atoms with Gasteiger partial charge in [0.15, 0.2) is 0 Å². The first-order valence-corrected chi connectivity index (χ1v) is 4.59. The van der Waals surface area contributed by atoms with Crippen molar-refractivity contribution in [2.45, 2.75) is 6.92 Å². The fraction of sp³-hybridized carbons (Fsp3) is 0.364. The smallest absolute Gasteiger partial charge is 0.135 e. The SMILES string of the molecule is C[NH+](C)C.Cc1cccc(C(=O)[O-])c1F. The molecule has 1 rings (SSSR count). The van der Waals surface area contributed by atoms with Crippen molar-refractivity contribution >= 4 is 5.97 Å². The van der Waals surface area contributed by atoms with Gasteiger partial charge in [-0.25, -0.2) is 4.39 Å². The molecule has 1 aromatic rings. The van der Waals surface area contributed by atoms with Crippen LogP contribution in [0.3, 0.4) is 0 Å². The highest BCUT2D eigenvalue weighted by Crippen LogP contribution is 2.10. The second kappa shape index (κ2) is 6.14. The molecule has 0 bridgehead atoms. The normalized spacial score (nSPS) is 9.47. The Labute approximate surface area is 89.1 Å². The minimum atomic E-state index is -1.48. The highest BCUT2D eigenvalue weighted by molar-refractivity contribution is 5.86. The summed E-state index contributed by atoms with van der Waals surface area (Å²) in [6.45, 7) is 1.50. The lowest BCUT2D eigenvalue weighted by atomic mass is 10.1. The molecule has 84 valence electrons. The van der Waals surface area contributed by atoms with Crippen LogP contribution in [0.15, 0.2) is 18.2 Å². The molecule has 0 aliphatic heterocycles. The molecular formula is C11H16FNO2. The first kappa shape index (κ1) is 13.6. The van der Waals surface area contributed by atoms with Gasteiger partial charge in [0.2, 0.25) is 0 Å². The predicted octanol–water partition coefficient (Wildman–Crippen LogP) is -0.742. The number of nitrogens with one attached hydrogen (secondary N) is 1. The number of benzene rings is 1. The number of hydrogen-bond donors (Lipinski definition) is 1. The zero-order chi connectivity index (χ0) is 12.0. The number of carbonyl (C=O) groups excluding carboxylic acids is 1. The van der Waals surface area contributed by atoms with Crippen molar-refractivity contribution in [3.05, 3.63) is 35.1 Å². The average Bonchev–Trinajstić information content (AvgIpc) is 2.08. The van der Waals surface area contributed by atoms with Crippen LogP contribution in [-0.2, 0) is 0 Å². The van der Waals surface area contributed by atoms with Gasteiger partial charge in [0.1, 0.15) is 5.82 Å². The van der Waals surface area contributed by atoms with Gasteiger partial charge in [-0.1, -0.05) is 18.2 Å². The highest BCUT2D eigenvalue weighted by Gasteiger charge is 2.03. The van der Waals surface area contributed by atoms with E-state index in [1.807, 2.05) is 0 Å². The van der Waals surface area contributed by atoms with Crippen LogP contribution in [0.2, 0.25) is 0 Å². The molecule has 0 amide bonds. The van der Waals surface area contributed by atoms with Gasteiger partial charge in [0, 0.05) is 5.56 Å². The molecule has 0 aromatic heterocycles. The van der Waals surface area contributed by atoms with E-state index in [0.717, 1.165) is 0 Å². The maximum absolute atomic E-state index is 12.8. The molecule has 0 spiro atoms. The lowest BCUT2D eigenvalue weighted by Gasteiger charge is -2.04. The quantitative estimate of drug-likeness (QED) is 0.667. The largest absolute Gasteiger partial charge is 0.545 e. The van der Waals surface area contributed by atoms with Gasteiger partial charge in [-0.3, -0.25) is 0 Å². The molecule has 1 aromatic carbocycles. The Bertz CT molecular complexity index is 335. The maximum atomic E-state index is 12.8. The van der Waals surface area contributed by atoms with E-state index in [1.165, 1.54) is 30.0 Å². The van der Waals surface area contributed by atoms with E-state index in [2.05, 4.69) is 21.1 Å². The summed E-state index contributed by atoms with van der Waals surface area (Å²) in [5, 5.41) is 10.2. The van der Waals surface area contributed by atoms with Crippen molar-refractivity contribution in [2.24, 2.45) is 0 Å². The van der Waals surface area contributed by atoms with E-state index in [1.54, 1.807) is 0 Å². The Kier molecular flexibility index (Phi) is 5.56. The molecule has 0 heterocycles. The van der Waals surface area contributed by atoms with Crippen LogP contribution >= 0.6 is 0 Å². The minimum Gasteiger partial charge on any atom is -0.545 e. The standard InChI is InChI=1S/C8H7FO2.C3H9N/c1-5-3-2-4-6(7(5)9)8(10)11;1-4(2)3/h2-4H,1H3,(H,10,11);1-3H3. The van der Waals surface area contributed by atoms with Crippen molar-refractivity contribution in [1.29, 1.82) is 0 Å². The van der Waals surface area contributed by atoms with Gasteiger partial charge in [0.05, 0.1) is 27.1 Å². The molecule has 0 atom stereocenters. The average molecular weight is 213 g/mol. The Morgan fingerprint density at radius 2 is 1.80 bits per heavy atom. The summed E-state index contributed by atoms with van der Waals surface area (Å²) in [7, 11) is 6.25. The number of halogens is 1. The van der Waals surface area contributed by atoms with Crippen LogP contribution in [-0.4, -0.2) is 27.1 Å². The van der Waals surface area contributed by atoms with Gasteiger partial charge in [-0.2, -0.15) is 0 Å². The van der Waals surface area contributed by atoms with Gasteiger partial charge >= 0.3 is 0 Å². The first-order chi connectivity index (χ1) is 6.86. The third kappa shape index (κ3) is 5.12. The van der Waals surface area contributed by atoms with Crippen molar-refractivity contribution in [3.63, 3.8) is 0 Å². The molecule has 0 fully saturated rings. The second-order valence-corrected chi connectivity index (χ2v) is 3.72. The van der Waals surface area contributed by atoms with Gasteiger partial charge < -0.3 is 14.8 Å². The van der Waals surface area contributed by atoms with Crippen molar-refractivity contribution in [1.82, 2.24) is 0 Å². The van der Waals surface area contributed by atoms with E-state index < -0.39 is 11.8 Å². The Morgan fingerprint density at radius 1 is 1.33 bits per heavy atom. The molecule has 1 N–H and O–H groups in total. The van der Waals surface area contributed by atoms with E-state index in [9.17, 15) is 14.3 Å². The fourth-order valence-electron chi connectivity index (χ4n) is 0.805. The first-order valence-electron chi connectivity index (χ1n) is 4.59. The summed E-state index contributed by atoms with van der Waals surface area (Å²) in [4.78, 5) is 11.6. The molecule has 15 heavy (non-hydrogen) atoms. The molecule has 0 aliphatic rings. The number of quaternary nitrogens is 1. The van der Waals surface area contributed by atoms with E-state index in [0.29, 0.717) is 5.56 Å². The molecular weight excluding hydrogens is 197 g/mol. The second-order valence-electron chi connectivity index (χ2n) is 3.72. The number of carbonyl (C=O) groups is 1. The Balaban J connectivity index is 0.000000423. The van der Waals surface area contributed by atoms with Crippen LogP contribution in [0.5, 0.6) is 0 Å². The number of hydrogen-bond acceptors (Lipinski definition) is 2. The number of aryl methyl sites for hydroxylation is 1. The van der Waals surface area contributed by atoms with Crippen LogP contribution in [0.25, 0.3) is 0 Å². The number of aromatic carboxylic acids is 1. The highest BCUT2D eigenvalue weighted by atomic mass is 19.1. The zero-order valence-electron chi connectivity index (χ0n) is 9.43. The summed E-state index contributed by atoms with van der Waals surface area (Å²) >= 11 is 0. The number of rotatable bonds is 1.